The maximum atomic E-state index is 4.39. The molecule has 0 spiro atoms. The molecule has 2 N–H and O–H groups in total. The summed E-state index contributed by atoms with van der Waals surface area (Å²) in [5.41, 5.74) is 2.08. The van der Waals surface area contributed by atoms with Crippen molar-refractivity contribution in [1.82, 2.24) is 9.97 Å². The Hall–Kier alpha value is -1.62. The predicted octanol–water partition coefficient (Wildman–Crippen LogP) is 3.53. The van der Waals surface area contributed by atoms with Crippen molar-refractivity contribution >= 4 is 22.7 Å². The van der Waals surface area contributed by atoms with Crippen LogP contribution in [0.5, 0.6) is 0 Å². The first-order valence-corrected chi connectivity index (χ1v) is 7.49. The van der Waals surface area contributed by atoms with Crippen molar-refractivity contribution in [1.29, 1.82) is 0 Å². The van der Waals surface area contributed by atoms with Crippen LogP contribution in [0.4, 0.5) is 11.4 Å². The Kier molecular flexibility index (Phi) is 5.15. The van der Waals surface area contributed by atoms with Crippen molar-refractivity contribution in [3.63, 3.8) is 0 Å². The third-order valence-electron chi connectivity index (χ3n) is 2.71. The van der Waals surface area contributed by atoms with E-state index in [1.807, 2.05) is 18.6 Å². The fraction of sp³-hybridized carbons (Fsp3) is 0.429. The molecule has 0 radical (unpaired) electrons. The first-order valence-electron chi connectivity index (χ1n) is 6.68. The zero-order valence-electron chi connectivity index (χ0n) is 11.4. The summed E-state index contributed by atoms with van der Waals surface area (Å²) in [4.78, 5) is 9.95. The maximum Gasteiger partial charge on any atom is 0.112 e. The molecule has 2 heterocycles. The van der Waals surface area contributed by atoms with E-state index in [1.54, 1.807) is 11.3 Å². The monoisotopic (exact) mass is 276 g/mol. The standard InChI is InChI=1S/C14H20N4S/c1-3-5-16-11-6-12(8-15-7-11)17-10-14-18-9-13(4-2)19-14/h6-9,16-17H,3-5,10H2,1-2H3. The topological polar surface area (TPSA) is 49.8 Å². The molecule has 0 saturated heterocycles. The summed E-state index contributed by atoms with van der Waals surface area (Å²) in [6, 6.07) is 2.08. The van der Waals surface area contributed by atoms with E-state index >= 15 is 0 Å². The van der Waals surface area contributed by atoms with Crippen LogP contribution in [0.3, 0.4) is 0 Å². The molecule has 0 aliphatic rings. The Morgan fingerprint density at radius 3 is 2.58 bits per heavy atom. The number of nitrogens with one attached hydrogen (secondary N) is 2. The maximum absolute atomic E-state index is 4.39. The van der Waals surface area contributed by atoms with E-state index in [9.17, 15) is 0 Å². The minimum absolute atomic E-state index is 0.754. The van der Waals surface area contributed by atoms with E-state index in [1.165, 1.54) is 4.88 Å². The fourth-order valence-corrected chi connectivity index (χ4v) is 2.48. The molecule has 0 aliphatic carbocycles. The number of hydrogen-bond acceptors (Lipinski definition) is 5. The molecule has 4 nitrogen and oxygen atoms in total. The number of anilines is 2. The van der Waals surface area contributed by atoms with E-state index in [2.05, 4.69) is 40.5 Å². The Morgan fingerprint density at radius 1 is 1.11 bits per heavy atom. The number of hydrogen-bond donors (Lipinski definition) is 2. The van der Waals surface area contributed by atoms with Crippen LogP contribution in [-0.4, -0.2) is 16.5 Å². The van der Waals surface area contributed by atoms with Gasteiger partial charge in [-0.1, -0.05) is 13.8 Å². The lowest BCUT2D eigenvalue weighted by Crippen LogP contribution is -2.03. The second kappa shape index (κ2) is 7.09. The molecule has 2 aromatic rings. The molecule has 0 fully saturated rings. The SMILES string of the molecule is CCCNc1cncc(NCc2ncc(CC)s2)c1. The van der Waals surface area contributed by atoms with Crippen LogP contribution in [0, 0.1) is 0 Å². The molecule has 0 amide bonds. The van der Waals surface area contributed by atoms with Gasteiger partial charge in [0.1, 0.15) is 5.01 Å². The van der Waals surface area contributed by atoms with Crippen LogP contribution >= 0.6 is 11.3 Å². The summed E-state index contributed by atoms with van der Waals surface area (Å²) in [7, 11) is 0. The molecule has 5 heteroatoms. The summed E-state index contributed by atoms with van der Waals surface area (Å²) in [5.74, 6) is 0. The van der Waals surface area contributed by atoms with Gasteiger partial charge in [-0.2, -0.15) is 0 Å². The highest BCUT2D eigenvalue weighted by molar-refractivity contribution is 7.11. The van der Waals surface area contributed by atoms with E-state index in [0.29, 0.717) is 0 Å². The highest BCUT2D eigenvalue weighted by Gasteiger charge is 2.01. The van der Waals surface area contributed by atoms with E-state index in [0.717, 1.165) is 42.3 Å². The van der Waals surface area contributed by atoms with Gasteiger partial charge in [0, 0.05) is 17.6 Å². The van der Waals surface area contributed by atoms with E-state index in [-0.39, 0.29) is 0 Å². The smallest absolute Gasteiger partial charge is 0.112 e. The summed E-state index contributed by atoms with van der Waals surface area (Å²) >= 11 is 1.76. The van der Waals surface area contributed by atoms with E-state index < -0.39 is 0 Å². The van der Waals surface area contributed by atoms with Crippen molar-refractivity contribution in [3.8, 4) is 0 Å². The molecule has 0 atom stereocenters. The normalized spacial score (nSPS) is 10.4. The quantitative estimate of drug-likeness (QED) is 0.812. The van der Waals surface area contributed by atoms with Gasteiger partial charge in [0.05, 0.1) is 30.3 Å². The second-order valence-electron chi connectivity index (χ2n) is 4.32. The van der Waals surface area contributed by atoms with Gasteiger partial charge in [-0.05, 0) is 18.9 Å². The Labute approximate surface area is 118 Å². The van der Waals surface area contributed by atoms with Crippen molar-refractivity contribution in [2.75, 3.05) is 17.2 Å². The fourth-order valence-electron chi connectivity index (χ4n) is 1.67. The zero-order valence-corrected chi connectivity index (χ0v) is 12.3. The minimum Gasteiger partial charge on any atom is -0.384 e. The van der Waals surface area contributed by atoms with Gasteiger partial charge in [-0.25, -0.2) is 4.98 Å². The molecule has 0 bridgehead atoms. The van der Waals surface area contributed by atoms with E-state index in [4.69, 9.17) is 0 Å². The lowest BCUT2D eigenvalue weighted by molar-refractivity contribution is 0.977. The molecule has 2 aromatic heterocycles. The van der Waals surface area contributed by atoms with Crippen molar-refractivity contribution in [2.24, 2.45) is 0 Å². The van der Waals surface area contributed by atoms with Gasteiger partial charge in [0.15, 0.2) is 0 Å². The molecule has 2 rings (SSSR count). The summed E-state index contributed by atoms with van der Waals surface area (Å²) in [6.45, 7) is 6.02. The first kappa shape index (κ1) is 13.8. The Morgan fingerprint density at radius 2 is 1.89 bits per heavy atom. The number of aromatic nitrogens is 2. The largest absolute Gasteiger partial charge is 0.384 e. The third kappa shape index (κ3) is 4.21. The van der Waals surface area contributed by atoms with Gasteiger partial charge in [-0.15, -0.1) is 11.3 Å². The molecule has 102 valence electrons. The van der Waals surface area contributed by atoms with Crippen LogP contribution in [-0.2, 0) is 13.0 Å². The third-order valence-corrected chi connectivity index (χ3v) is 3.85. The summed E-state index contributed by atoms with van der Waals surface area (Å²) < 4.78 is 0. The highest BCUT2D eigenvalue weighted by atomic mass is 32.1. The zero-order chi connectivity index (χ0) is 13.5. The summed E-state index contributed by atoms with van der Waals surface area (Å²) in [6.07, 6.45) is 7.80. The average molecular weight is 276 g/mol. The Balaban J connectivity index is 1.91. The number of thiazole rings is 1. The van der Waals surface area contributed by atoms with Gasteiger partial charge in [0.25, 0.3) is 0 Å². The summed E-state index contributed by atoms with van der Waals surface area (Å²) in [5, 5.41) is 7.81. The van der Waals surface area contributed by atoms with Gasteiger partial charge < -0.3 is 10.6 Å². The van der Waals surface area contributed by atoms with Crippen LogP contribution in [0.15, 0.2) is 24.7 Å². The molecule has 0 saturated carbocycles. The lowest BCUT2D eigenvalue weighted by atomic mass is 10.3. The molecule has 0 unspecified atom stereocenters. The number of aryl methyl sites for hydroxylation is 1. The highest BCUT2D eigenvalue weighted by Crippen LogP contribution is 2.17. The van der Waals surface area contributed by atoms with Gasteiger partial charge >= 0.3 is 0 Å². The number of rotatable bonds is 7. The first-order chi connectivity index (χ1) is 9.31. The lowest BCUT2D eigenvalue weighted by Gasteiger charge is -2.07. The van der Waals surface area contributed by atoms with Crippen LogP contribution in [0.1, 0.15) is 30.2 Å². The average Bonchev–Trinajstić information content (AvgIpc) is 2.91. The number of nitrogens with zero attached hydrogens (tertiary/aromatic N) is 2. The van der Waals surface area contributed by atoms with Crippen LogP contribution in [0.25, 0.3) is 0 Å². The Bertz CT molecular complexity index is 510. The van der Waals surface area contributed by atoms with Crippen LogP contribution in [0.2, 0.25) is 0 Å². The molecule has 0 aliphatic heterocycles. The minimum atomic E-state index is 0.754. The predicted molar refractivity (Wildman–Crippen MR) is 81.8 cm³/mol. The molecule has 19 heavy (non-hydrogen) atoms. The van der Waals surface area contributed by atoms with Crippen molar-refractivity contribution < 1.29 is 0 Å². The van der Waals surface area contributed by atoms with Crippen molar-refractivity contribution in [3.05, 3.63) is 34.5 Å². The molecular formula is C14H20N4S. The van der Waals surface area contributed by atoms with Gasteiger partial charge in [0.2, 0.25) is 0 Å². The van der Waals surface area contributed by atoms with Crippen LogP contribution < -0.4 is 10.6 Å². The van der Waals surface area contributed by atoms with Crippen molar-refractivity contribution in [2.45, 2.75) is 33.2 Å². The second-order valence-corrected chi connectivity index (χ2v) is 5.52. The van der Waals surface area contributed by atoms with Gasteiger partial charge in [-0.3, -0.25) is 4.98 Å². The molecule has 0 aromatic carbocycles. The molecular weight excluding hydrogens is 256 g/mol. The number of pyridine rings is 1.